The van der Waals surface area contributed by atoms with Gasteiger partial charge in [0.15, 0.2) is 6.61 Å². The number of hydrogen-bond acceptors (Lipinski definition) is 4. The average Bonchev–Trinajstić information content (AvgIpc) is 2.67. The van der Waals surface area contributed by atoms with Gasteiger partial charge in [-0.2, -0.15) is 4.98 Å². The highest BCUT2D eigenvalue weighted by atomic mass is 19.1. The minimum absolute atomic E-state index is 0.167. The van der Waals surface area contributed by atoms with Crippen LogP contribution < -0.4 is 4.74 Å². The average molecular weight is 194 g/mol. The van der Waals surface area contributed by atoms with Gasteiger partial charge < -0.3 is 9.26 Å². The summed E-state index contributed by atoms with van der Waals surface area (Å²) >= 11 is 0. The van der Waals surface area contributed by atoms with E-state index in [9.17, 15) is 4.39 Å². The van der Waals surface area contributed by atoms with Crippen molar-refractivity contribution in [1.82, 2.24) is 10.1 Å². The highest BCUT2D eigenvalue weighted by molar-refractivity contribution is 5.22. The second-order valence-electron chi connectivity index (χ2n) is 2.59. The summed E-state index contributed by atoms with van der Waals surface area (Å²) in [6.45, 7) is 0.167. The maximum absolute atomic E-state index is 12.7. The lowest BCUT2D eigenvalue weighted by Gasteiger charge is -2.01. The Labute approximate surface area is 79.3 Å². The molecule has 0 amide bonds. The van der Waals surface area contributed by atoms with E-state index < -0.39 is 0 Å². The van der Waals surface area contributed by atoms with Crippen LogP contribution in [-0.4, -0.2) is 10.1 Å². The fraction of sp³-hybridized carbons (Fsp3) is 0.111. The zero-order valence-corrected chi connectivity index (χ0v) is 7.18. The Kier molecular flexibility index (Phi) is 2.40. The predicted molar refractivity (Wildman–Crippen MR) is 45.0 cm³/mol. The van der Waals surface area contributed by atoms with Gasteiger partial charge in [-0.25, -0.2) is 4.39 Å². The Morgan fingerprint density at radius 2 is 2.36 bits per heavy atom. The largest absolute Gasteiger partial charge is 0.485 e. The van der Waals surface area contributed by atoms with Gasteiger partial charge in [-0.05, 0) is 12.1 Å². The van der Waals surface area contributed by atoms with Crippen LogP contribution in [0, 0.1) is 5.82 Å². The van der Waals surface area contributed by atoms with Gasteiger partial charge in [0, 0.05) is 6.07 Å². The second kappa shape index (κ2) is 3.87. The first-order valence-electron chi connectivity index (χ1n) is 3.98. The Hall–Kier alpha value is -1.91. The molecular formula is C9H7FN2O2. The molecule has 1 heterocycles. The Balaban J connectivity index is 1.98. The van der Waals surface area contributed by atoms with Crippen molar-refractivity contribution in [2.24, 2.45) is 0 Å². The van der Waals surface area contributed by atoms with E-state index in [0.29, 0.717) is 11.6 Å². The smallest absolute Gasteiger partial charge is 0.213 e. The predicted octanol–water partition coefficient (Wildman–Crippen LogP) is 1.79. The van der Waals surface area contributed by atoms with Crippen LogP contribution in [-0.2, 0) is 6.61 Å². The highest BCUT2D eigenvalue weighted by Crippen LogP contribution is 2.12. The summed E-state index contributed by atoms with van der Waals surface area (Å²) < 4.78 is 22.4. The third kappa shape index (κ3) is 2.07. The summed E-state index contributed by atoms with van der Waals surface area (Å²) in [7, 11) is 0. The van der Waals surface area contributed by atoms with Crippen LogP contribution >= 0.6 is 0 Å². The monoisotopic (exact) mass is 194 g/mol. The zero-order valence-electron chi connectivity index (χ0n) is 7.18. The molecule has 0 saturated carbocycles. The number of hydrogen-bond donors (Lipinski definition) is 0. The molecule has 0 aliphatic rings. The maximum atomic E-state index is 12.7. The fourth-order valence-electron chi connectivity index (χ4n) is 0.961. The van der Waals surface area contributed by atoms with Gasteiger partial charge in [0.1, 0.15) is 11.6 Å². The lowest BCUT2D eigenvalue weighted by atomic mass is 10.3. The summed E-state index contributed by atoms with van der Waals surface area (Å²) in [5.74, 6) is 0.527. The van der Waals surface area contributed by atoms with Crippen LogP contribution in [0.4, 0.5) is 4.39 Å². The number of benzene rings is 1. The molecule has 4 nitrogen and oxygen atoms in total. The molecule has 0 radical (unpaired) electrons. The van der Waals surface area contributed by atoms with Crippen molar-refractivity contribution in [3.05, 3.63) is 42.3 Å². The third-order valence-electron chi connectivity index (χ3n) is 1.57. The summed E-state index contributed by atoms with van der Waals surface area (Å²) in [6.07, 6.45) is 1.21. The Morgan fingerprint density at radius 1 is 1.43 bits per heavy atom. The van der Waals surface area contributed by atoms with Gasteiger partial charge in [-0.15, -0.1) is 0 Å². The molecule has 0 spiro atoms. The molecule has 0 fully saturated rings. The van der Waals surface area contributed by atoms with Crippen molar-refractivity contribution < 1.29 is 13.7 Å². The first-order chi connectivity index (χ1) is 6.84. The number of nitrogens with zero attached hydrogens (tertiary/aromatic N) is 2. The number of ether oxygens (including phenoxy) is 1. The summed E-state index contributed by atoms with van der Waals surface area (Å²) in [5, 5.41) is 3.55. The van der Waals surface area contributed by atoms with Crippen molar-refractivity contribution in [1.29, 1.82) is 0 Å². The molecule has 1 aromatic carbocycles. The molecule has 0 bridgehead atoms. The number of aromatic nitrogens is 2. The maximum Gasteiger partial charge on any atom is 0.213 e. The molecule has 5 heteroatoms. The van der Waals surface area contributed by atoms with Crippen LogP contribution in [0.5, 0.6) is 5.75 Å². The summed E-state index contributed by atoms with van der Waals surface area (Å²) in [4.78, 5) is 3.76. The molecule has 72 valence electrons. The first-order valence-corrected chi connectivity index (χ1v) is 3.98. The second-order valence-corrected chi connectivity index (χ2v) is 2.59. The molecule has 0 aliphatic carbocycles. The molecular weight excluding hydrogens is 187 g/mol. The van der Waals surface area contributed by atoms with Crippen LogP contribution in [0.25, 0.3) is 0 Å². The van der Waals surface area contributed by atoms with Gasteiger partial charge in [0.25, 0.3) is 0 Å². The quantitative estimate of drug-likeness (QED) is 0.747. The third-order valence-corrected chi connectivity index (χ3v) is 1.57. The fourth-order valence-corrected chi connectivity index (χ4v) is 0.961. The molecule has 2 aromatic rings. The molecule has 2 rings (SSSR count). The molecule has 0 unspecified atom stereocenters. The van der Waals surface area contributed by atoms with E-state index >= 15 is 0 Å². The van der Waals surface area contributed by atoms with Gasteiger partial charge in [0.05, 0.1) is 0 Å². The SMILES string of the molecule is Fc1cccc(OCc2ncon2)c1. The zero-order chi connectivity index (χ0) is 9.80. The van der Waals surface area contributed by atoms with Crippen molar-refractivity contribution in [2.45, 2.75) is 6.61 Å². The van der Waals surface area contributed by atoms with Crippen molar-refractivity contribution in [3.8, 4) is 5.75 Å². The molecule has 1 aromatic heterocycles. The van der Waals surface area contributed by atoms with Crippen LogP contribution in [0.1, 0.15) is 5.82 Å². The van der Waals surface area contributed by atoms with Crippen LogP contribution in [0.15, 0.2) is 35.2 Å². The summed E-state index contributed by atoms with van der Waals surface area (Å²) in [5.41, 5.74) is 0. The molecule has 0 atom stereocenters. The standard InChI is InChI=1S/C9H7FN2O2/c10-7-2-1-3-8(4-7)13-5-9-11-6-14-12-9/h1-4,6H,5H2. The molecule has 0 aliphatic heterocycles. The van der Waals surface area contributed by atoms with E-state index in [4.69, 9.17) is 4.74 Å². The minimum atomic E-state index is -0.337. The number of rotatable bonds is 3. The van der Waals surface area contributed by atoms with Crippen molar-refractivity contribution in [2.75, 3.05) is 0 Å². The van der Waals surface area contributed by atoms with Gasteiger partial charge in [0.2, 0.25) is 12.2 Å². The van der Waals surface area contributed by atoms with Crippen molar-refractivity contribution in [3.63, 3.8) is 0 Å². The molecule has 0 saturated heterocycles. The van der Waals surface area contributed by atoms with E-state index in [-0.39, 0.29) is 12.4 Å². The van der Waals surface area contributed by atoms with Crippen LogP contribution in [0.2, 0.25) is 0 Å². The van der Waals surface area contributed by atoms with E-state index in [1.54, 1.807) is 12.1 Å². The van der Waals surface area contributed by atoms with Crippen molar-refractivity contribution >= 4 is 0 Å². The van der Waals surface area contributed by atoms with E-state index in [2.05, 4.69) is 14.7 Å². The minimum Gasteiger partial charge on any atom is -0.485 e. The van der Waals surface area contributed by atoms with E-state index in [1.165, 1.54) is 18.5 Å². The Bertz CT molecular complexity index is 403. The van der Waals surface area contributed by atoms with Gasteiger partial charge >= 0.3 is 0 Å². The Morgan fingerprint density at radius 3 is 3.07 bits per heavy atom. The first kappa shape index (κ1) is 8.68. The number of halogens is 1. The normalized spacial score (nSPS) is 10.1. The lowest BCUT2D eigenvalue weighted by Crippen LogP contribution is -1.97. The highest BCUT2D eigenvalue weighted by Gasteiger charge is 2.00. The topological polar surface area (TPSA) is 48.2 Å². The lowest BCUT2D eigenvalue weighted by molar-refractivity contribution is 0.285. The van der Waals surface area contributed by atoms with E-state index in [0.717, 1.165) is 0 Å². The van der Waals surface area contributed by atoms with E-state index in [1.807, 2.05) is 0 Å². The van der Waals surface area contributed by atoms with Gasteiger partial charge in [-0.1, -0.05) is 11.2 Å². The summed E-state index contributed by atoms with van der Waals surface area (Å²) in [6, 6.07) is 5.87. The van der Waals surface area contributed by atoms with Gasteiger partial charge in [-0.3, -0.25) is 0 Å². The molecule has 0 N–H and O–H groups in total. The molecule has 14 heavy (non-hydrogen) atoms. The van der Waals surface area contributed by atoms with Crippen LogP contribution in [0.3, 0.4) is 0 Å².